The summed E-state index contributed by atoms with van der Waals surface area (Å²) in [5.74, 6) is 0.0524. The molecule has 0 atom stereocenters. The van der Waals surface area contributed by atoms with Gasteiger partial charge in [0.2, 0.25) is 0 Å². The zero-order chi connectivity index (χ0) is 17.8. The van der Waals surface area contributed by atoms with Crippen molar-refractivity contribution < 1.29 is 4.79 Å². The Labute approximate surface area is 150 Å². The Hall–Kier alpha value is -2.49. The fourth-order valence-corrected chi connectivity index (χ4v) is 3.57. The minimum Gasteiger partial charge on any atom is -0.398 e. The molecule has 132 valence electrons. The normalized spacial score (nSPS) is 13.4. The van der Waals surface area contributed by atoms with Crippen LogP contribution in [0.4, 0.5) is 17.1 Å². The maximum atomic E-state index is 13.0. The molecule has 1 heterocycles. The standard InChI is InChI=1S/C21H27N3O/c1-3-14-23(4-2)17-12-10-16(11-13-17)21(25)24-15-6-7-18-19(22)8-5-9-20(18)24/h5,8-13H,3-4,6-7,14-15,22H2,1-2H3. The minimum absolute atomic E-state index is 0.0524. The average molecular weight is 337 g/mol. The average Bonchev–Trinajstić information content (AvgIpc) is 2.66. The van der Waals surface area contributed by atoms with Gasteiger partial charge in [-0.2, -0.15) is 0 Å². The third-order valence-corrected chi connectivity index (χ3v) is 4.89. The summed E-state index contributed by atoms with van der Waals surface area (Å²) in [5, 5.41) is 0. The minimum atomic E-state index is 0.0524. The lowest BCUT2D eigenvalue weighted by atomic mass is 9.99. The van der Waals surface area contributed by atoms with Gasteiger partial charge in [-0.05, 0) is 68.1 Å². The van der Waals surface area contributed by atoms with Gasteiger partial charge in [0.1, 0.15) is 0 Å². The first kappa shape index (κ1) is 17.3. The summed E-state index contributed by atoms with van der Waals surface area (Å²) in [7, 11) is 0. The number of nitrogens with zero attached hydrogens (tertiary/aromatic N) is 2. The van der Waals surface area contributed by atoms with Crippen molar-refractivity contribution in [2.24, 2.45) is 0 Å². The smallest absolute Gasteiger partial charge is 0.258 e. The summed E-state index contributed by atoms with van der Waals surface area (Å²) in [6, 6.07) is 13.8. The molecule has 0 spiro atoms. The van der Waals surface area contributed by atoms with Crippen molar-refractivity contribution in [2.45, 2.75) is 33.1 Å². The van der Waals surface area contributed by atoms with Crippen molar-refractivity contribution >= 4 is 23.0 Å². The van der Waals surface area contributed by atoms with Gasteiger partial charge in [-0.1, -0.05) is 13.0 Å². The Balaban J connectivity index is 1.84. The first-order valence-electron chi connectivity index (χ1n) is 9.20. The molecule has 2 aromatic rings. The Morgan fingerprint density at radius 2 is 1.92 bits per heavy atom. The highest BCUT2D eigenvalue weighted by Crippen LogP contribution is 2.32. The molecule has 0 aromatic heterocycles. The molecule has 0 aliphatic carbocycles. The summed E-state index contributed by atoms with van der Waals surface area (Å²) in [5.41, 5.74) is 10.8. The molecule has 0 saturated heterocycles. The fraction of sp³-hybridized carbons (Fsp3) is 0.381. The number of benzene rings is 2. The van der Waals surface area contributed by atoms with E-state index in [4.69, 9.17) is 5.73 Å². The van der Waals surface area contributed by atoms with E-state index in [9.17, 15) is 4.79 Å². The second-order valence-corrected chi connectivity index (χ2v) is 6.53. The number of amides is 1. The van der Waals surface area contributed by atoms with Gasteiger partial charge in [0.05, 0.1) is 0 Å². The number of anilines is 3. The van der Waals surface area contributed by atoms with Gasteiger partial charge in [0.25, 0.3) is 5.91 Å². The van der Waals surface area contributed by atoms with Crippen LogP contribution in [0, 0.1) is 0 Å². The molecule has 0 fully saturated rings. The van der Waals surface area contributed by atoms with E-state index < -0.39 is 0 Å². The van der Waals surface area contributed by atoms with E-state index in [0.717, 1.165) is 61.4 Å². The van der Waals surface area contributed by atoms with Crippen molar-refractivity contribution in [3.63, 3.8) is 0 Å². The van der Waals surface area contributed by atoms with Crippen LogP contribution in [0.2, 0.25) is 0 Å². The molecule has 1 aliphatic rings. The first-order chi connectivity index (χ1) is 12.2. The van der Waals surface area contributed by atoms with Crippen LogP contribution in [0.25, 0.3) is 0 Å². The Morgan fingerprint density at radius 1 is 1.16 bits per heavy atom. The Bertz CT molecular complexity index is 739. The first-order valence-corrected chi connectivity index (χ1v) is 9.20. The molecule has 25 heavy (non-hydrogen) atoms. The summed E-state index contributed by atoms with van der Waals surface area (Å²) >= 11 is 0. The lowest BCUT2D eigenvalue weighted by Crippen LogP contribution is -2.35. The largest absolute Gasteiger partial charge is 0.398 e. The highest BCUT2D eigenvalue weighted by Gasteiger charge is 2.24. The van der Waals surface area contributed by atoms with Crippen LogP contribution in [0.1, 0.15) is 42.6 Å². The van der Waals surface area contributed by atoms with E-state index >= 15 is 0 Å². The number of rotatable bonds is 5. The van der Waals surface area contributed by atoms with Gasteiger partial charge < -0.3 is 15.5 Å². The molecule has 0 radical (unpaired) electrons. The molecular formula is C21H27N3O. The van der Waals surface area contributed by atoms with Gasteiger partial charge >= 0.3 is 0 Å². The van der Waals surface area contributed by atoms with E-state index in [-0.39, 0.29) is 5.91 Å². The molecule has 0 bridgehead atoms. The molecule has 4 heteroatoms. The van der Waals surface area contributed by atoms with Crippen molar-refractivity contribution in [3.8, 4) is 0 Å². The van der Waals surface area contributed by atoms with Gasteiger partial charge in [0.15, 0.2) is 0 Å². The number of nitrogen functional groups attached to an aromatic ring is 1. The zero-order valence-corrected chi connectivity index (χ0v) is 15.2. The topological polar surface area (TPSA) is 49.6 Å². The second-order valence-electron chi connectivity index (χ2n) is 6.53. The third kappa shape index (κ3) is 3.48. The van der Waals surface area contributed by atoms with E-state index in [0.29, 0.717) is 0 Å². The zero-order valence-electron chi connectivity index (χ0n) is 15.2. The van der Waals surface area contributed by atoms with Crippen LogP contribution in [0.15, 0.2) is 42.5 Å². The molecule has 0 saturated carbocycles. The maximum Gasteiger partial charge on any atom is 0.258 e. The van der Waals surface area contributed by atoms with Crippen LogP contribution < -0.4 is 15.5 Å². The van der Waals surface area contributed by atoms with Crippen molar-refractivity contribution in [2.75, 3.05) is 35.2 Å². The van der Waals surface area contributed by atoms with E-state index in [1.54, 1.807) is 0 Å². The third-order valence-electron chi connectivity index (χ3n) is 4.89. The lowest BCUT2D eigenvalue weighted by Gasteiger charge is -2.30. The van der Waals surface area contributed by atoms with Crippen molar-refractivity contribution in [1.29, 1.82) is 0 Å². The van der Waals surface area contributed by atoms with Crippen molar-refractivity contribution in [3.05, 3.63) is 53.6 Å². The van der Waals surface area contributed by atoms with Gasteiger partial charge in [-0.3, -0.25) is 4.79 Å². The van der Waals surface area contributed by atoms with Gasteiger partial charge in [-0.25, -0.2) is 0 Å². The van der Waals surface area contributed by atoms with Crippen LogP contribution in [-0.2, 0) is 6.42 Å². The number of hydrogen-bond donors (Lipinski definition) is 1. The van der Waals surface area contributed by atoms with Crippen LogP contribution >= 0.6 is 0 Å². The SMILES string of the molecule is CCCN(CC)c1ccc(C(=O)N2CCCc3c(N)cccc32)cc1. The van der Waals surface area contributed by atoms with Gasteiger partial charge in [-0.15, -0.1) is 0 Å². The molecular weight excluding hydrogens is 310 g/mol. The number of carbonyl (C=O) groups is 1. The second kappa shape index (κ2) is 7.60. The highest BCUT2D eigenvalue weighted by molar-refractivity contribution is 6.07. The van der Waals surface area contributed by atoms with Crippen LogP contribution in [-0.4, -0.2) is 25.5 Å². The molecule has 3 rings (SSSR count). The highest BCUT2D eigenvalue weighted by atomic mass is 16.2. The lowest BCUT2D eigenvalue weighted by molar-refractivity contribution is 0.0985. The van der Waals surface area contributed by atoms with Crippen molar-refractivity contribution in [1.82, 2.24) is 0 Å². The monoisotopic (exact) mass is 337 g/mol. The molecule has 2 N–H and O–H groups in total. The van der Waals surface area contributed by atoms with Crippen LogP contribution in [0.3, 0.4) is 0 Å². The van der Waals surface area contributed by atoms with E-state index in [1.165, 1.54) is 5.69 Å². The van der Waals surface area contributed by atoms with Crippen LogP contribution in [0.5, 0.6) is 0 Å². The number of hydrogen-bond acceptors (Lipinski definition) is 3. The molecule has 4 nitrogen and oxygen atoms in total. The predicted octanol–water partition coefficient (Wildman–Crippen LogP) is 4.10. The summed E-state index contributed by atoms with van der Waals surface area (Å²) in [6.45, 7) is 7.08. The number of nitrogens with two attached hydrogens (primary N) is 1. The fourth-order valence-electron chi connectivity index (χ4n) is 3.57. The molecule has 1 amide bonds. The van der Waals surface area contributed by atoms with E-state index in [1.807, 2.05) is 35.2 Å². The summed E-state index contributed by atoms with van der Waals surface area (Å²) < 4.78 is 0. The molecule has 0 unspecified atom stereocenters. The molecule has 2 aromatic carbocycles. The van der Waals surface area contributed by atoms with E-state index in [2.05, 4.69) is 30.9 Å². The quantitative estimate of drug-likeness (QED) is 0.836. The van der Waals surface area contributed by atoms with Gasteiger partial charge in [0, 0.05) is 42.3 Å². The Morgan fingerprint density at radius 3 is 2.60 bits per heavy atom. The molecule has 1 aliphatic heterocycles. The number of fused-ring (bicyclic) bond motifs is 1. The predicted molar refractivity (Wildman–Crippen MR) is 105 cm³/mol. The Kier molecular flexibility index (Phi) is 5.27. The summed E-state index contributed by atoms with van der Waals surface area (Å²) in [6.07, 6.45) is 3.00. The summed E-state index contributed by atoms with van der Waals surface area (Å²) in [4.78, 5) is 17.2. The number of carbonyl (C=O) groups excluding carboxylic acids is 1. The maximum absolute atomic E-state index is 13.0.